The summed E-state index contributed by atoms with van der Waals surface area (Å²) >= 11 is 6.79. The topological polar surface area (TPSA) is 97.6 Å². The maximum Gasteiger partial charge on any atom is 0.186 e. The summed E-state index contributed by atoms with van der Waals surface area (Å²) in [5.41, 5.74) is 4.29. The number of aliphatic hydroxyl groups excluding tert-OH is 3. The van der Waals surface area contributed by atoms with Crippen molar-refractivity contribution in [2.24, 2.45) is 5.92 Å². The van der Waals surface area contributed by atoms with E-state index in [0.717, 1.165) is 34.6 Å². The lowest BCUT2D eigenvalue weighted by Gasteiger charge is -2.41. The van der Waals surface area contributed by atoms with Crippen LogP contribution in [0.3, 0.4) is 0 Å². The van der Waals surface area contributed by atoms with E-state index in [4.69, 9.17) is 30.5 Å². The van der Waals surface area contributed by atoms with Crippen LogP contribution in [0.25, 0.3) is 0 Å². The van der Waals surface area contributed by atoms with Crippen LogP contribution in [0.4, 0.5) is 0 Å². The molecule has 34 heavy (non-hydrogen) atoms. The Labute approximate surface area is 204 Å². The van der Waals surface area contributed by atoms with Crippen LogP contribution in [0.15, 0.2) is 58.9 Å². The molecule has 2 aliphatic carbocycles. The zero-order valence-corrected chi connectivity index (χ0v) is 19.9. The third kappa shape index (κ3) is 4.91. The van der Waals surface area contributed by atoms with Gasteiger partial charge in [-0.15, -0.1) is 11.6 Å². The fraction of sp³-hybridized carbons (Fsp3) is 0.538. The highest BCUT2D eigenvalue weighted by atomic mass is 35.5. The lowest BCUT2D eigenvalue weighted by Crippen LogP contribution is -2.58. The molecule has 1 saturated heterocycles. The lowest BCUT2D eigenvalue weighted by atomic mass is 9.80. The van der Waals surface area contributed by atoms with Gasteiger partial charge in [0.25, 0.3) is 0 Å². The Morgan fingerprint density at radius 3 is 2.56 bits per heavy atom. The molecule has 0 aromatic heterocycles. The van der Waals surface area contributed by atoms with E-state index in [1.54, 1.807) is 0 Å². The van der Waals surface area contributed by atoms with Gasteiger partial charge in [-0.1, -0.05) is 18.2 Å². The monoisotopic (exact) mass is 490 g/mol. The highest BCUT2D eigenvalue weighted by Gasteiger charge is 2.46. The van der Waals surface area contributed by atoms with Crippen LogP contribution in [-0.2, 0) is 20.6 Å². The van der Waals surface area contributed by atoms with Crippen molar-refractivity contribution < 1.29 is 34.3 Å². The van der Waals surface area contributed by atoms with Crippen LogP contribution >= 0.6 is 11.6 Å². The number of alkyl halides is 1. The molecule has 1 aromatic rings. The molecule has 0 radical (unpaired) electrons. The number of benzene rings is 1. The molecule has 0 saturated carbocycles. The van der Waals surface area contributed by atoms with Crippen LogP contribution in [-0.4, -0.2) is 71.2 Å². The number of hydrogen-bond donors (Lipinski definition) is 3. The standard InChI is InChI=1S/C26H31ClO7/c1-2-31-17-5-3-14(4-6-17)9-18-19-11-22-23(28)24(29)25(30)26(34-22)33-13-16-10-15(16)12-32-21(19)8-7-20(18)27/h3-8,18,20,22-26,28-30H,2,9-13H2,1H3/t18?,20?,22-,23-,24+,25-,26+/m0/s1. The minimum atomic E-state index is -1.38. The zero-order chi connectivity index (χ0) is 23.8. The second kappa shape index (κ2) is 10.0. The molecule has 1 fully saturated rings. The average molecular weight is 491 g/mol. The van der Waals surface area contributed by atoms with Crippen LogP contribution in [0.5, 0.6) is 5.75 Å². The number of ether oxygens (including phenoxy) is 4. The van der Waals surface area contributed by atoms with Crippen LogP contribution in [0.2, 0.25) is 0 Å². The van der Waals surface area contributed by atoms with Gasteiger partial charge in [0.05, 0.1) is 24.7 Å². The van der Waals surface area contributed by atoms with E-state index in [9.17, 15) is 15.3 Å². The second-order valence-corrected chi connectivity index (χ2v) is 9.79. The van der Waals surface area contributed by atoms with Crippen LogP contribution in [0.1, 0.15) is 25.3 Å². The number of aliphatic hydroxyl groups is 3. The first-order valence-corrected chi connectivity index (χ1v) is 12.3. The van der Waals surface area contributed by atoms with E-state index in [-0.39, 0.29) is 11.3 Å². The molecule has 4 aliphatic rings. The summed E-state index contributed by atoms with van der Waals surface area (Å²) in [6.07, 6.45) is -0.157. The molecule has 7 nitrogen and oxygen atoms in total. The van der Waals surface area contributed by atoms with Gasteiger partial charge < -0.3 is 34.3 Å². The number of hydrogen-bond acceptors (Lipinski definition) is 7. The fourth-order valence-electron chi connectivity index (χ4n) is 4.87. The maximum absolute atomic E-state index is 10.7. The van der Waals surface area contributed by atoms with Crippen molar-refractivity contribution in [3.05, 3.63) is 64.5 Å². The average Bonchev–Trinajstić information content (AvgIpc) is 3.59. The largest absolute Gasteiger partial charge is 0.494 e. The van der Waals surface area contributed by atoms with E-state index in [1.165, 1.54) is 5.57 Å². The predicted octanol–water partition coefficient (Wildman–Crippen LogP) is 2.62. The quantitative estimate of drug-likeness (QED) is 0.441. The van der Waals surface area contributed by atoms with Crippen molar-refractivity contribution in [3.8, 4) is 5.75 Å². The van der Waals surface area contributed by atoms with Gasteiger partial charge in [-0.05, 0) is 60.3 Å². The number of fused-ring (bicyclic) bond motifs is 2. The summed E-state index contributed by atoms with van der Waals surface area (Å²) < 4.78 is 23.5. The smallest absolute Gasteiger partial charge is 0.186 e. The van der Waals surface area contributed by atoms with Gasteiger partial charge in [-0.2, -0.15) is 0 Å². The molecule has 2 heterocycles. The summed E-state index contributed by atoms with van der Waals surface area (Å²) in [6.45, 7) is 3.33. The van der Waals surface area contributed by atoms with Crippen molar-refractivity contribution in [3.63, 3.8) is 0 Å². The van der Waals surface area contributed by atoms with Crippen molar-refractivity contribution in [2.75, 3.05) is 19.8 Å². The van der Waals surface area contributed by atoms with E-state index in [1.807, 2.05) is 43.3 Å². The van der Waals surface area contributed by atoms with Crippen molar-refractivity contribution in [1.29, 1.82) is 0 Å². The van der Waals surface area contributed by atoms with Gasteiger partial charge in [-0.25, -0.2) is 0 Å². The van der Waals surface area contributed by atoms with Gasteiger partial charge in [0.15, 0.2) is 6.29 Å². The Kier molecular flexibility index (Phi) is 7.02. The minimum absolute atomic E-state index is 0.102. The SMILES string of the molecule is CCOc1ccc(CC2C3=C(C=CC2Cl)OCC2=C(CO[C@@H]4O[C@@H](C3)[C@H](O)[C@@H](O)[C@@H]4O)C2)cc1. The first-order valence-electron chi connectivity index (χ1n) is 11.9. The second-order valence-electron chi connectivity index (χ2n) is 9.28. The molecule has 0 amide bonds. The van der Waals surface area contributed by atoms with Crippen molar-refractivity contribution in [2.45, 2.75) is 62.3 Å². The highest BCUT2D eigenvalue weighted by Crippen LogP contribution is 2.40. The van der Waals surface area contributed by atoms with E-state index in [0.29, 0.717) is 32.7 Å². The summed E-state index contributed by atoms with van der Waals surface area (Å²) in [7, 11) is 0. The first kappa shape index (κ1) is 23.9. The van der Waals surface area contributed by atoms with Gasteiger partial charge in [0.1, 0.15) is 36.4 Å². The molecule has 2 aliphatic heterocycles. The predicted molar refractivity (Wildman–Crippen MR) is 125 cm³/mol. The third-order valence-corrected chi connectivity index (χ3v) is 7.43. The van der Waals surface area contributed by atoms with Crippen LogP contribution < -0.4 is 4.74 Å². The van der Waals surface area contributed by atoms with Gasteiger partial charge in [0, 0.05) is 12.3 Å². The van der Waals surface area contributed by atoms with Gasteiger partial charge in [0.2, 0.25) is 0 Å². The summed E-state index contributed by atoms with van der Waals surface area (Å²) in [5, 5.41) is 31.3. The Balaban J connectivity index is 1.45. The van der Waals surface area contributed by atoms with E-state index in [2.05, 4.69) is 0 Å². The number of allylic oxidation sites excluding steroid dienone is 2. The molecule has 0 spiro atoms. The summed E-state index contributed by atoms with van der Waals surface area (Å²) in [4.78, 5) is 0. The highest BCUT2D eigenvalue weighted by molar-refractivity contribution is 6.22. The third-order valence-electron chi connectivity index (χ3n) is 6.98. The Bertz CT molecular complexity index is 985. The van der Waals surface area contributed by atoms with Crippen molar-refractivity contribution >= 4 is 11.6 Å². The van der Waals surface area contributed by atoms with Crippen LogP contribution in [0, 0.1) is 5.92 Å². The molecular weight excluding hydrogens is 460 g/mol. The molecule has 5 rings (SSSR count). The first-order chi connectivity index (χ1) is 16.4. The molecule has 3 N–H and O–H groups in total. The molecule has 184 valence electrons. The normalized spacial score (nSPS) is 35.5. The summed E-state index contributed by atoms with van der Waals surface area (Å²) in [5.74, 6) is 1.44. The molecule has 2 unspecified atom stereocenters. The minimum Gasteiger partial charge on any atom is -0.494 e. The molecule has 8 heteroatoms. The molecule has 1 aromatic carbocycles. The summed E-state index contributed by atoms with van der Waals surface area (Å²) in [6, 6.07) is 7.95. The van der Waals surface area contributed by atoms with E-state index < -0.39 is 30.7 Å². The van der Waals surface area contributed by atoms with Gasteiger partial charge in [-0.3, -0.25) is 0 Å². The number of halogens is 1. The Hall–Kier alpha value is -1.87. The van der Waals surface area contributed by atoms with Gasteiger partial charge >= 0.3 is 0 Å². The lowest BCUT2D eigenvalue weighted by molar-refractivity contribution is -0.294. The fourth-order valence-corrected chi connectivity index (χ4v) is 5.19. The Morgan fingerprint density at radius 2 is 1.79 bits per heavy atom. The zero-order valence-electron chi connectivity index (χ0n) is 19.1. The molecule has 7 atom stereocenters. The van der Waals surface area contributed by atoms with E-state index >= 15 is 0 Å². The van der Waals surface area contributed by atoms with Crippen molar-refractivity contribution in [1.82, 2.24) is 0 Å². The number of rotatable bonds is 4. The molecule has 2 bridgehead atoms. The molecular formula is C26H31ClO7. The Morgan fingerprint density at radius 1 is 1.03 bits per heavy atom. The maximum atomic E-state index is 10.7.